The van der Waals surface area contributed by atoms with Crippen LogP contribution >= 0.6 is 22.6 Å². The molecule has 4 nitrogen and oxygen atoms in total. The second-order valence-corrected chi connectivity index (χ2v) is 4.70. The van der Waals surface area contributed by atoms with Crippen molar-refractivity contribution in [2.75, 3.05) is 5.32 Å². The minimum atomic E-state index is -0.855. The van der Waals surface area contributed by atoms with Crippen molar-refractivity contribution in [2.24, 2.45) is 5.92 Å². The zero-order valence-corrected chi connectivity index (χ0v) is 10.7. The van der Waals surface area contributed by atoms with E-state index in [0.717, 1.165) is 3.57 Å². The first-order valence-corrected chi connectivity index (χ1v) is 5.70. The van der Waals surface area contributed by atoms with Crippen LogP contribution in [-0.2, 0) is 4.79 Å². The predicted octanol–water partition coefficient (Wildman–Crippen LogP) is 2.21. The summed E-state index contributed by atoms with van der Waals surface area (Å²) in [6.07, 6.45) is 1.64. The third-order valence-corrected chi connectivity index (χ3v) is 2.85. The molecular weight excluding hydrogens is 307 g/mol. The Balaban J connectivity index is 2.84. The van der Waals surface area contributed by atoms with Crippen LogP contribution in [0.15, 0.2) is 18.3 Å². The smallest absolute Gasteiger partial charge is 0.326 e. The lowest BCUT2D eigenvalue weighted by Crippen LogP contribution is -2.34. The third kappa shape index (κ3) is 3.33. The van der Waals surface area contributed by atoms with E-state index in [1.807, 2.05) is 26.0 Å². The van der Waals surface area contributed by atoms with Crippen molar-refractivity contribution in [1.29, 1.82) is 0 Å². The van der Waals surface area contributed by atoms with Crippen LogP contribution in [-0.4, -0.2) is 22.1 Å². The molecular formula is C10H13IN2O2. The van der Waals surface area contributed by atoms with Crippen LogP contribution in [0.5, 0.6) is 0 Å². The van der Waals surface area contributed by atoms with Crippen molar-refractivity contribution in [3.05, 3.63) is 21.9 Å². The highest BCUT2D eigenvalue weighted by Gasteiger charge is 2.22. The third-order valence-electron chi connectivity index (χ3n) is 1.98. The standard InChI is InChI=1S/C10H13IN2O2/c1-6(2)8(10(14)15)13-9-7(11)4-3-5-12-9/h3-6,8H,1-2H3,(H,12,13)(H,14,15)/t8-/m1/s1. The average molecular weight is 320 g/mol. The largest absolute Gasteiger partial charge is 0.480 e. The molecule has 1 heterocycles. The molecule has 0 aliphatic carbocycles. The molecule has 0 saturated carbocycles. The number of nitrogens with zero attached hydrogens (tertiary/aromatic N) is 1. The summed E-state index contributed by atoms with van der Waals surface area (Å²) in [6, 6.07) is 3.10. The molecule has 1 aromatic heterocycles. The van der Waals surface area contributed by atoms with Crippen molar-refractivity contribution < 1.29 is 9.90 Å². The molecule has 0 unspecified atom stereocenters. The molecule has 0 spiro atoms. The monoisotopic (exact) mass is 320 g/mol. The number of aliphatic carboxylic acids is 1. The first-order chi connectivity index (χ1) is 7.02. The number of aromatic nitrogens is 1. The first kappa shape index (κ1) is 12.2. The Bertz CT molecular complexity index is 355. The summed E-state index contributed by atoms with van der Waals surface area (Å²) in [7, 11) is 0. The van der Waals surface area contributed by atoms with Crippen molar-refractivity contribution in [1.82, 2.24) is 4.98 Å². The van der Waals surface area contributed by atoms with Gasteiger partial charge in [0.15, 0.2) is 0 Å². The second-order valence-electron chi connectivity index (χ2n) is 3.54. The molecule has 0 bridgehead atoms. The van der Waals surface area contributed by atoms with E-state index in [9.17, 15) is 4.79 Å². The van der Waals surface area contributed by atoms with Gasteiger partial charge in [-0.3, -0.25) is 0 Å². The van der Waals surface area contributed by atoms with E-state index in [-0.39, 0.29) is 5.92 Å². The number of carbonyl (C=O) groups is 1. The summed E-state index contributed by atoms with van der Waals surface area (Å²) in [4.78, 5) is 15.1. The number of rotatable bonds is 4. The lowest BCUT2D eigenvalue weighted by atomic mass is 10.1. The molecule has 0 fully saturated rings. The molecule has 0 aliphatic heterocycles. The van der Waals surface area contributed by atoms with E-state index in [0.29, 0.717) is 5.82 Å². The number of anilines is 1. The Morgan fingerprint density at radius 1 is 1.60 bits per heavy atom. The van der Waals surface area contributed by atoms with Crippen LogP contribution in [0.3, 0.4) is 0 Å². The molecule has 1 rings (SSSR count). The maximum atomic E-state index is 11.0. The summed E-state index contributed by atoms with van der Waals surface area (Å²) in [5, 5.41) is 11.9. The highest BCUT2D eigenvalue weighted by Crippen LogP contribution is 2.17. The normalized spacial score (nSPS) is 12.5. The lowest BCUT2D eigenvalue weighted by molar-refractivity contribution is -0.138. The van der Waals surface area contributed by atoms with Crippen molar-refractivity contribution in [3.63, 3.8) is 0 Å². The van der Waals surface area contributed by atoms with Crippen molar-refractivity contribution in [3.8, 4) is 0 Å². The van der Waals surface area contributed by atoms with Gasteiger partial charge in [-0.05, 0) is 40.6 Å². The fourth-order valence-electron chi connectivity index (χ4n) is 1.15. The van der Waals surface area contributed by atoms with Gasteiger partial charge in [0.1, 0.15) is 11.9 Å². The zero-order chi connectivity index (χ0) is 11.4. The van der Waals surface area contributed by atoms with E-state index >= 15 is 0 Å². The van der Waals surface area contributed by atoms with Crippen LogP contribution in [0.4, 0.5) is 5.82 Å². The molecule has 5 heteroatoms. The number of pyridine rings is 1. The Morgan fingerprint density at radius 3 is 2.73 bits per heavy atom. The number of hydrogen-bond donors (Lipinski definition) is 2. The van der Waals surface area contributed by atoms with Gasteiger partial charge in [-0.25, -0.2) is 9.78 Å². The van der Waals surface area contributed by atoms with Crippen LogP contribution < -0.4 is 5.32 Å². The average Bonchev–Trinajstić information content (AvgIpc) is 2.15. The molecule has 1 atom stereocenters. The van der Waals surface area contributed by atoms with Gasteiger partial charge >= 0.3 is 5.97 Å². The van der Waals surface area contributed by atoms with E-state index in [1.54, 1.807) is 6.20 Å². The maximum Gasteiger partial charge on any atom is 0.326 e. The summed E-state index contributed by atoms with van der Waals surface area (Å²) < 4.78 is 0.919. The Labute approximate surface area is 102 Å². The van der Waals surface area contributed by atoms with Gasteiger partial charge in [-0.2, -0.15) is 0 Å². The minimum absolute atomic E-state index is 0.0142. The predicted molar refractivity (Wildman–Crippen MR) is 66.8 cm³/mol. The number of nitrogens with one attached hydrogen (secondary N) is 1. The van der Waals surface area contributed by atoms with Crippen LogP contribution in [0, 0.1) is 9.49 Å². The Kier molecular flexibility index (Phi) is 4.31. The fourth-order valence-corrected chi connectivity index (χ4v) is 1.66. The summed E-state index contributed by atoms with van der Waals surface area (Å²) >= 11 is 2.12. The molecule has 1 aromatic rings. The molecule has 2 N–H and O–H groups in total. The summed E-state index contributed by atoms with van der Waals surface area (Å²) in [5.41, 5.74) is 0. The lowest BCUT2D eigenvalue weighted by Gasteiger charge is -2.18. The van der Waals surface area contributed by atoms with Crippen molar-refractivity contribution in [2.45, 2.75) is 19.9 Å². The molecule has 0 aromatic carbocycles. The number of hydrogen-bond acceptors (Lipinski definition) is 3. The number of carboxylic acid groups (broad SMARTS) is 1. The fraction of sp³-hybridized carbons (Fsp3) is 0.400. The maximum absolute atomic E-state index is 11.0. The van der Waals surface area contributed by atoms with Gasteiger partial charge < -0.3 is 10.4 Å². The minimum Gasteiger partial charge on any atom is -0.480 e. The quantitative estimate of drug-likeness (QED) is 0.835. The van der Waals surface area contributed by atoms with Gasteiger partial charge in [0.25, 0.3) is 0 Å². The highest BCUT2D eigenvalue weighted by atomic mass is 127. The van der Waals surface area contributed by atoms with Crippen molar-refractivity contribution >= 4 is 34.4 Å². The second kappa shape index (κ2) is 5.29. The van der Waals surface area contributed by atoms with Gasteiger partial charge in [-0.1, -0.05) is 13.8 Å². The van der Waals surface area contributed by atoms with Gasteiger partial charge in [0.05, 0.1) is 3.57 Å². The topological polar surface area (TPSA) is 62.2 Å². The molecule has 0 saturated heterocycles. The van der Waals surface area contributed by atoms with Crippen LogP contribution in [0.2, 0.25) is 0 Å². The van der Waals surface area contributed by atoms with E-state index in [1.165, 1.54) is 0 Å². The van der Waals surface area contributed by atoms with E-state index < -0.39 is 12.0 Å². The first-order valence-electron chi connectivity index (χ1n) is 4.62. The molecule has 0 radical (unpaired) electrons. The van der Waals surface area contributed by atoms with Crippen LogP contribution in [0.1, 0.15) is 13.8 Å². The van der Waals surface area contributed by atoms with Gasteiger partial charge in [-0.15, -0.1) is 0 Å². The Morgan fingerprint density at radius 2 is 2.27 bits per heavy atom. The number of halogens is 1. The molecule has 0 aliphatic rings. The zero-order valence-electron chi connectivity index (χ0n) is 8.57. The molecule has 82 valence electrons. The van der Waals surface area contributed by atoms with Gasteiger partial charge in [0, 0.05) is 6.20 Å². The SMILES string of the molecule is CC(C)[C@@H](Nc1ncccc1I)C(=O)O. The van der Waals surface area contributed by atoms with Gasteiger partial charge in [0.2, 0.25) is 0 Å². The summed E-state index contributed by atoms with van der Waals surface area (Å²) in [6.45, 7) is 3.73. The van der Waals surface area contributed by atoms with E-state index in [2.05, 4.69) is 32.9 Å². The van der Waals surface area contributed by atoms with Crippen LogP contribution in [0.25, 0.3) is 0 Å². The molecule has 15 heavy (non-hydrogen) atoms. The van der Waals surface area contributed by atoms with E-state index in [4.69, 9.17) is 5.11 Å². The highest BCUT2D eigenvalue weighted by molar-refractivity contribution is 14.1. The molecule has 0 amide bonds. The number of carboxylic acids is 1. The Hall–Kier alpha value is -0.850. The summed E-state index contributed by atoms with van der Waals surface area (Å²) in [5.74, 6) is -0.217.